The number of morpholine rings is 1. The first-order valence-electron chi connectivity index (χ1n) is 10.3. The largest absolute Gasteiger partial charge is 0.489 e. The van der Waals surface area contributed by atoms with Crippen LogP contribution in [0.2, 0.25) is 0 Å². The third-order valence-electron chi connectivity index (χ3n) is 5.55. The predicted octanol–water partition coefficient (Wildman–Crippen LogP) is 4.03. The lowest BCUT2D eigenvalue weighted by atomic mass is 9.95. The Labute approximate surface area is 177 Å². The number of hydrogen-bond donors (Lipinski definition) is 2. The lowest BCUT2D eigenvalue weighted by molar-refractivity contribution is -0.0163. The van der Waals surface area contributed by atoms with Crippen molar-refractivity contribution in [1.82, 2.24) is 10.2 Å². The minimum Gasteiger partial charge on any atom is -0.489 e. The van der Waals surface area contributed by atoms with Crippen molar-refractivity contribution in [3.05, 3.63) is 59.9 Å². The molecule has 1 heterocycles. The Balaban J connectivity index is 1.51. The highest BCUT2D eigenvalue weighted by Gasteiger charge is 2.31. The number of hydrogen-bond acceptors (Lipinski definition) is 4. The van der Waals surface area contributed by atoms with Crippen LogP contribution in [0.3, 0.4) is 0 Å². The molecule has 0 aliphatic carbocycles. The molecule has 1 aliphatic heterocycles. The molecule has 1 saturated heterocycles. The van der Waals surface area contributed by atoms with Gasteiger partial charge in [-0.15, -0.1) is 0 Å². The molecule has 1 aliphatic rings. The molecular weight excluding hydrogens is 385 g/mol. The van der Waals surface area contributed by atoms with Gasteiger partial charge in [-0.3, -0.25) is 4.90 Å². The van der Waals surface area contributed by atoms with Crippen LogP contribution in [0.4, 0.5) is 14.9 Å². The summed E-state index contributed by atoms with van der Waals surface area (Å²) in [7, 11) is 0. The van der Waals surface area contributed by atoms with Crippen LogP contribution < -0.4 is 15.4 Å². The van der Waals surface area contributed by atoms with Crippen molar-refractivity contribution in [2.75, 3.05) is 38.2 Å². The highest BCUT2D eigenvalue weighted by molar-refractivity contribution is 5.89. The number of amides is 2. The van der Waals surface area contributed by atoms with Crippen LogP contribution in [-0.2, 0) is 11.3 Å². The van der Waals surface area contributed by atoms with E-state index in [4.69, 9.17) is 9.47 Å². The van der Waals surface area contributed by atoms with Crippen LogP contribution in [0.1, 0.15) is 25.8 Å². The molecule has 0 saturated carbocycles. The Morgan fingerprint density at radius 3 is 2.70 bits per heavy atom. The van der Waals surface area contributed by atoms with Crippen molar-refractivity contribution in [3.8, 4) is 5.75 Å². The van der Waals surface area contributed by atoms with Crippen LogP contribution in [0.5, 0.6) is 5.75 Å². The van der Waals surface area contributed by atoms with Crippen LogP contribution in [0.15, 0.2) is 48.5 Å². The Morgan fingerprint density at radius 1 is 1.20 bits per heavy atom. The zero-order valence-electron chi connectivity index (χ0n) is 17.6. The fraction of sp³-hybridized carbons (Fsp3) is 0.435. The summed E-state index contributed by atoms with van der Waals surface area (Å²) in [5.74, 6) is 0.308. The molecule has 30 heavy (non-hydrogen) atoms. The lowest BCUT2D eigenvalue weighted by Crippen LogP contribution is -2.57. The van der Waals surface area contributed by atoms with Crippen molar-refractivity contribution in [2.24, 2.45) is 0 Å². The minimum atomic E-state index is -0.292. The summed E-state index contributed by atoms with van der Waals surface area (Å²) in [6.07, 6.45) is 0.927. The van der Waals surface area contributed by atoms with E-state index in [0.29, 0.717) is 18.0 Å². The van der Waals surface area contributed by atoms with E-state index < -0.39 is 0 Å². The maximum absolute atomic E-state index is 13.3. The van der Waals surface area contributed by atoms with Crippen molar-refractivity contribution < 1.29 is 18.7 Å². The van der Waals surface area contributed by atoms with Gasteiger partial charge in [0.2, 0.25) is 0 Å². The van der Waals surface area contributed by atoms with Gasteiger partial charge in [0.05, 0.1) is 13.2 Å². The quantitative estimate of drug-likeness (QED) is 0.683. The molecule has 0 radical (unpaired) electrons. The standard InChI is InChI=1S/C23H30FN3O3/c1-3-23(2,27-10-12-29-13-11-27)17-25-22(28)26-20-8-5-9-21(15-20)30-16-18-6-4-7-19(24)14-18/h4-9,14-15H,3,10-13,16-17H2,1-2H3,(H2,25,26,28)/t23-/m0/s1. The highest BCUT2D eigenvalue weighted by Crippen LogP contribution is 2.21. The van der Waals surface area contributed by atoms with Gasteiger partial charge in [0, 0.05) is 36.9 Å². The first-order chi connectivity index (χ1) is 14.5. The molecule has 6 nitrogen and oxygen atoms in total. The average molecular weight is 416 g/mol. The van der Waals surface area contributed by atoms with Gasteiger partial charge < -0.3 is 20.1 Å². The first kappa shape index (κ1) is 22.1. The molecule has 2 aromatic rings. The summed E-state index contributed by atoms with van der Waals surface area (Å²) >= 11 is 0. The van der Waals surface area contributed by atoms with Gasteiger partial charge in [0.15, 0.2) is 0 Å². The maximum Gasteiger partial charge on any atom is 0.319 e. The van der Waals surface area contributed by atoms with E-state index in [9.17, 15) is 9.18 Å². The van der Waals surface area contributed by atoms with Crippen LogP contribution in [-0.4, -0.2) is 49.3 Å². The third-order valence-corrected chi connectivity index (χ3v) is 5.55. The van der Waals surface area contributed by atoms with Crippen LogP contribution >= 0.6 is 0 Å². The number of ether oxygens (including phenoxy) is 2. The van der Waals surface area contributed by atoms with E-state index in [-0.39, 0.29) is 24.0 Å². The monoisotopic (exact) mass is 415 g/mol. The number of nitrogens with one attached hydrogen (secondary N) is 2. The molecule has 7 heteroatoms. The van der Waals surface area contributed by atoms with Crippen LogP contribution in [0.25, 0.3) is 0 Å². The Kier molecular flexibility index (Phi) is 7.65. The molecule has 0 unspecified atom stereocenters. The smallest absolute Gasteiger partial charge is 0.319 e. The van der Waals surface area contributed by atoms with E-state index in [0.717, 1.165) is 38.3 Å². The van der Waals surface area contributed by atoms with Gasteiger partial charge in [-0.25, -0.2) is 9.18 Å². The molecule has 1 fully saturated rings. The number of halogens is 1. The number of anilines is 1. The van der Waals surface area contributed by atoms with Crippen molar-refractivity contribution in [1.29, 1.82) is 0 Å². The van der Waals surface area contributed by atoms with Crippen molar-refractivity contribution in [3.63, 3.8) is 0 Å². The number of urea groups is 1. The normalized spacial score (nSPS) is 16.5. The molecule has 2 aromatic carbocycles. The van der Waals surface area contributed by atoms with Gasteiger partial charge >= 0.3 is 6.03 Å². The molecule has 162 valence electrons. The SMILES string of the molecule is CC[C@@](C)(CNC(=O)Nc1cccc(OCc2cccc(F)c2)c1)N1CCOCC1. The molecule has 0 bridgehead atoms. The summed E-state index contributed by atoms with van der Waals surface area (Å²) in [5, 5.41) is 5.84. The van der Waals surface area contributed by atoms with E-state index in [1.807, 2.05) is 0 Å². The van der Waals surface area contributed by atoms with Gasteiger partial charge in [-0.1, -0.05) is 25.1 Å². The van der Waals surface area contributed by atoms with E-state index in [1.54, 1.807) is 36.4 Å². The average Bonchev–Trinajstić information content (AvgIpc) is 2.77. The Bertz CT molecular complexity index is 842. The number of benzene rings is 2. The number of carbonyl (C=O) groups excluding carboxylic acids is 1. The summed E-state index contributed by atoms with van der Waals surface area (Å²) in [5.41, 5.74) is 1.26. The summed E-state index contributed by atoms with van der Waals surface area (Å²) < 4.78 is 24.4. The third kappa shape index (κ3) is 6.18. The minimum absolute atomic E-state index is 0.114. The van der Waals surface area contributed by atoms with Gasteiger partial charge in [-0.2, -0.15) is 0 Å². The molecule has 0 aromatic heterocycles. The number of nitrogens with zero attached hydrogens (tertiary/aromatic N) is 1. The van der Waals surface area contributed by atoms with Gasteiger partial charge in [-0.05, 0) is 43.2 Å². The molecule has 2 amide bonds. The number of carbonyl (C=O) groups is 1. The number of rotatable bonds is 8. The molecule has 1 atom stereocenters. The molecular formula is C23H30FN3O3. The maximum atomic E-state index is 13.3. The summed E-state index contributed by atoms with van der Waals surface area (Å²) in [6, 6.07) is 13.2. The zero-order valence-corrected chi connectivity index (χ0v) is 17.6. The van der Waals surface area contributed by atoms with Gasteiger partial charge in [0.25, 0.3) is 0 Å². The van der Waals surface area contributed by atoms with E-state index in [1.165, 1.54) is 12.1 Å². The van der Waals surface area contributed by atoms with E-state index in [2.05, 4.69) is 29.4 Å². The summed E-state index contributed by atoms with van der Waals surface area (Å²) in [4.78, 5) is 14.8. The first-order valence-corrected chi connectivity index (χ1v) is 10.3. The predicted molar refractivity (Wildman–Crippen MR) is 115 cm³/mol. The van der Waals surface area contributed by atoms with Crippen molar-refractivity contribution >= 4 is 11.7 Å². The van der Waals surface area contributed by atoms with Crippen LogP contribution in [0, 0.1) is 5.82 Å². The zero-order chi connectivity index (χ0) is 21.4. The Hall–Kier alpha value is -2.64. The second-order valence-corrected chi connectivity index (χ2v) is 7.70. The fourth-order valence-electron chi connectivity index (χ4n) is 3.47. The highest BCUT2D eigenvalue weighted by atomic mass is 19.1. The second kappa shape index (κ2) is 10.4. The fourth-order valence-corrected chi connectivity index (χ4v) is 3.47. The van der Waals surface area contributed by atoms with E-state index >= 15 is 0 Å². The summed E-state index contributed by atoms with van der Waals surface area (Å²) in [6.45, 7) is 8.30. The topological polar surface area (TPSA) is 62.8 Å². The Morgan fingerprint density at radius 2 is 1.97 bits per heavy atom. The second-order valence-electron chi connectivity index (χ2n) is 7.70. The lowest BCUT2D eigenvalue weighted by Gasteiger charge is -2.43. The molecule has 0 spiro atoms. The van der Waals surface area contributed by atoms with Gasteiger partial charge in [0.1, 0.15) is 18.2 Å². The molecule has 3 rings (SSSR count). The molecule has 2 N–H and O–H groups in total. The van der Waals surface area contributed by atoms with Crippen molar-refractivity contribution in [2.45, 2.75) is 32.4 Å².